The van der Waals surface area contributed by atoms with Crippen LogP contribution in [0.1, 0.15) is 27.2 Å². The van der Waals surface area contributed by atoms with Crippen molar-refractivity contribution in [2.75, 3.05) is 25.2 Å². The van der Waals surface area contributed by atoms with Crippen LogP contribution >= 0.6 is 23.1 Å². The number of nitrogens with one attached hydrogen (secondary N) is 1. The molecule has 0 aliphatic carbocycles. The lowest BCUT2D eigenvalue weighted by Gasteiger charge is -2.28. The van der Waals surface area contributed by atoms with Crippen LogP contribution in [0.4, 0.5) is 5.13 Å². The normalized spacial score (nSPS) is 13.7. The highest BCUT2D eigenvalue weighted by Crippen LogP contribution is 2.26. The largest absolute Gasteiger partial charge is 0.497 e. The quantitative estimate of drug-likeness (QED) is 0.581. The van der Waals surface area contributed by atoms with Crippen molar-refractivity contribution < 1.29 is 9.53 Å². The predicted molar refractivity (Wildman–Crippen MR) is 119 cm³/mol. The highest BCUT2D eigenvalue weighted by atomic mass is 32.2. The van der Waals surface area contributed by atoms with E-state index >= 15 is 0 Å². The van der Waals surface area contributed by atoms with Crippen molar-refractivity contribution in [3.05, 3.63) is 70.2 Å². The van der Waals surface area contributed by atoms with Crippen LogP contribution in [0.25, 0.3) is 0 Å². The number of aromatic nitrogens is 1. The van der Waals surface area contributed by atoms with Gasteiger partial charge in [-0.3, -0.25) is 15.0 Å². The molecule has 2 heterocycles. The summed E-state index contributed by atoms with van der Waals surface area (Å²) >= 11 is 3.04. The molecular formula is C22H23N3O2S2. The number of thiazole rings is 1. The first kappa shape index (κ1) is 19.9. The molecule has 1 aliphatic heterocycles. The summed E-state index contributed by atoms with van der Waals surface area (Å²) in [6.07, 6.45) is 2.98. The van der Waals surface area contributed by atoms with Crippen LogP contribution in [-0.2, 0) is 19.5 Å². The number of benzene rings is 2. The van der Waals surface area contributed by atoms with Gasteiger partial charge in [0, 0.05) is 29.9 Å². The van der Waals surface area contributed by atoms with Crippen LogP contribution in [0.2, 0.25) is 0 Å². The summed E-state index contributed by atoms with van der Waals surface area (Å²) in [5.41, 5.74) is 4.37. The lowest BCUT2D eigenvalue weighted by molar-refractivity contribution is 0.102. The minimum atomic E-state index is -0.114. The molecule has 0 unspecified atom stereocenters. The van der Waals surface area contributed by atoms with E-state index in [0.717, 1.165) is 42.4 Å². The first-order valence-electron chi connectivity index (χ1n) is 9.43. The molecule has 3 aromatic rings. The van der Waals surface area contributed by atoms with E-state index in [-0.39, 0.29) is 5.91 Å². The highest BCUT2D eigenvalue weighted by molar-refractivity contribution is 7.98. The molecule has 0 spiro atoms. The van der Waals surface area contributed by atoms with Crippen molar-refractivity contribution in [2.45, 2.75) is 24.4 Å². The Bertz CT molecular complexity index is 1020. The summed E-state index contributed by atoms with van der Waals surface area (Å²) in [4.78, 5) is 20.6. The molecule has 1 N–H and O–H groups in total. The van der Waals surface area contributed by atoms with Gasteiger partial charge in [0.25, 0.3) is 5.91 Å². The molecule has 1 aromatic heterocycles. The monoisotopic (exact) mass is 425 g/mol. The SMILES string of the molecule is COc1ccc2c(c1)CCN(Cc1csc(NC(=O)c3ccccc3SC)n1)C2. The summed E-state index contributed by atoms with van der Waals surface area (Å²) in [5, 5.41) is 5.61. The molecule has 29 heavy (non-hydrogen) atoms. The Morgan fingerprint density at radius 1 is 1.28 bits per heavy atom. The maximum Gasteiger partial charge on any atom is 0.258 e. The fourth-order valence-electron chi connectivity index (χ4n) is 3.51. The Kier molecular flexibility index (Phi) is 6.18. The summed E-state index contributed by atoms with van der Waals surface area (Å²) in [6, 6.07) is 13.9. The van der Waals surface area contributed by atoms with Gasteiger partial charge in [-0.25, -0.2) is 4.98 Å². The molecule has 0 saturated carbocycles. The Balaban J connectivity index is 1.39. The van der Waals surface area contributed by atoms with Crippen LogP contribution in [0, 0.1) is 0 Å². The van der Waals surface area contributed by atoms with E-state index < -0.39 is 0 Å². The van der Waals surface area contributed by atoms with Gasteiger partial charge >= 0.3 is 0 Å². The molecule has 5 nitrogen and oxygen atoms in total. The maximum absolute atomic E-state index is 12.6. The van der Waals surface area contributed by atoms with Crippen LogP contribution in [0.15, 0.2) is 52.7 Å². The standard InChI is InChI=1S/C22H23N3O2S2/c1-27-18-8-7-16-12-25(10-9-15(16)11-18)13-17-14-29-22(23-17)24-21(26)19-5-3-4-6-20(19)28-2/h3-8,11,14H,9-10,12-13H2,1-2H3,(H,23,24,26). The Morgan fingerprint density at radius 3 is 2.97 bits per heavy atom. The van der Waals surface area contributed by atoms with Crippen molar-refractivity contribution >= 4 is 34.1 Å². The summed E-state index contributed by atoms with van der Waals surface area (Å²) < 4.78 is 5.33. The smallest absolute Gasteiger partial charge is 0.258 e. The van der Waals surface area contributed by atoms with Gasteiger partial charge in [-0.2, -0.15) is 0 Å². The van der Waals surface area contributed by atoms with Gasteiger partial charge < -0.3 is 4.74 Å². The van der Waals surface area contributed by atoms with Crippen LogP contribution < -0.4 is 10.1 Å². The van der Waals surface area contributed by atoms with Gasteiger partial charge in [0.1, 0.15) is 5.75 Å². The van der Waals surface area contributed by atoms with Crippen molar-refractivity contribution in [2.24, 2.45) is 0 Å². The number of anilines is 1. The molecular weight excluding hydrogens is 402 g/mol. The molecule has 2 aromatic carbocycles. The second kappa shape index (κ2) is 8.98. The third-order valence-electron chi connectivity index (χ3n) is 5.01. The lowest BCUT2D eigenvalue weighted by Crippen LogP contribution is -2.30. The highest BCUT2D eigenvalue weighted by Gasteiger charge is 2.18. The van der Waals surface area contributed by atoms with Gasteiger partial charge in [0.2, 0.25) is 0 Å². The van der Waals surface area contributed by atoms with Crippen LogP contribution in [0.5, 0.6) is 5.75 Å². The Hall–Kier alpha value is -2.35. The van der Waals surface area contributed by atoms with E-state index in [1.807, 2.05) is 42.0 Å². The molecule has 150 valence electrons. The van der Waals surface area contributed by atoms with Crippen molar-refractivity contribution in [1.29, 1.82) is 0 Å². The van der Waals surface area contributed by atoms with Gasteiger partial charge in [-0.15, -0.1) is 23.1 Å². The number of carbonyl (C=O) groups excluding carboxylic acids is 1. The Labute approximate surface area is 179 Å². The number of thioether (sulfide) groups is 1. The summed E-state index contributed by atoms with van der Waals surface area (Å²) in [5.74, 6) is 0.803. The van der Waals surface area contributed by atoms with E-state index in [1.54, 1.807) is 18.9 Å². The molecule has 0 saturated heterocycles. The summed E-state index contributed by atoms with van der Waals surface area (Å²) in [7, 11) is 1.70. The second-order valence-corrected chi connectivity index (χ2v) is 8.60. The fourth-order valence-corrected chi connectivity index (χ4v) is 4.80. The average Bonchev–Trinajstić information content (AvgIpc) is 3.19. The number of hydrogen-bond donors (Lipinski definition) is 1. The fraction of sp³-hybridized carbons (Fsp3) is 0.273. The molecule has 1 aliphatic rings. The van der Waals surface area contributed by atoms with Crippen LogP contribution in [-0.4, -0.2) is 35.7 Å². The van der Waals surface area contributed by atoms with E-state index in [2.05, 4.69) is 27.3 Å². The topological polar surface area (TPSA) is 54.5 Å². The van der Waals surface area contributed by atoms with E-state index in [1.165, 1.54) is 22.5 Å². The van der Waals surface area contributed by atoms with E-state index in [0.29, 0.717) is 10.7 Å². The number of hydrogen-bond acceptors (Lipinski definition) is 6. The van der Waals surface area contributed by atoms with Crippen molar-refractivity contribution in [3.8, 4) is 5.75 Å². The molecule has 4 rings (SSSR count). The number of amides is 1. The first-order valence-corrected chi connectivity index (χ1v) is 11.5. The molecule has 0 radical (unpaired) electrons. The minimum Gasteiger partial charge on any atom is -0.497 e. The average molecular weight is 426 g/mol. The zero-order valence-corrected chi connectivity index (χ0v) is 18.1. The molecule has 1 amide bonds. The zero-order chi connectivity index (χ0) is 20.2. The third-order valence-corrected chi connectivity index (χ3v) is 6.62. The van der Waals surface area contributed by atoms with Crippen LogP contribution in [0.3, 0.4) is 0 Å². The Morgan fingerprint density at radius 2 is 2.14 bits per heavy atom. The van der Waals surface area contributed by atoms with E-state index in [9.17, 15) is 4.79 Å². The van der Waals surface area contributed by atoms with Gasteiger partial charge in [-0.05, 0) is 48.1 Å². The maximum atomic E-state index is 12.6. The lowest BCUT2D eigenvalue weighted by atomic mass is 9.99. The first-order chi connectivity index (χ1) is 14.2. The molecule has 0 fully saturated rings. The number of carbonyl (C=O) groups is 1. The molecule has 0 atom stereocenters. The van der Waals surface area contributed by atoms with Crippen molar-refractivity contribution in [3.63, 3.8) is 0 Å². The number of methoxy groups -OCH3 is 1. The number of fused-ring (bicyclic) bond motifs is 1. The molecule has 7 heteroatoms. The number of ether oxygens (including phenoxy) is 1. The van der Waals surface area contributed by atoms with Gasteiger partial charge in [0.15, 0.2) is 5.13 Å². The zero-order valence-electron chi connectivity index (χ0n) is 16.5. The number of nitrogens with zero attached hydrogens (tertiary/aromatic N) is 2. The third kappa shape index (κ3) is 4.63. The summed E-state index contributed by atoms with van der Waals surface area (Å²) in [6.45, 7) is 2.67. The predicted octanol–water partition coefficient (Wildman–Crippen LogP) is 4.68. The minimum absolute atomic E-state index is 0.114. The van der Waals surface area contributed by atoms with Gasteiger partial charge in [-0.1, -0.05) is 18.2 Å². The van der Waals surface area contributed by atoms with E-state index in [4.69, 9.17) is 4.74 Å². The van der Waals surface area contributed by atoms with Gasteiger partial charge in [0.05, 0.1) is 18.4 Å². The van der Waals surface area contributed by atoms with Crippen molar-refractivity contribution in [1.82, 2.24) is 9.88 Å². The molecule has 0 bridgehead atoms. The second-order valence-electron chi connectivity index (χ2n) is 6.89. The number of rotatable bonds is 6.